The van der Waals surface area contributed by atoms with E-state index in [1.54, 1.807) is 30.3 Å². The number of carbonyl (C=O) groups is 2. The number of nitro benzene ring substituents is 1. The van der Waals surface area contributed by atoms with Gasteiger partial charge in [0.15, 0.2) is 5.78 Å². The minimum atomic E-state index is -4.76. The first-order valence-electron chi connectivity index (χ1n) is 12.5. The van der Waals surface area contributed by atoms with Crippen molar-refractivity contribution in [3.63, 3.8) is 0 Å². The van der Waals surface area contributed by atoms with Gasteiger partial charge in [-0.3, -0.25) is 19.7 Å². The zero-order chi connectivity index (χ0) is 28.8. The van der Waals surface area contributed by atoms with Gasteiger partial charge in [-0.15, -0.1) is 0 Å². The SMILES string of the molecule is Cc1ccccc1NC(=O)C1=CN(C)C2=C(C(=O)CCC2)C1c1ccc(-c2ccc(C(F)(F)F)cc2[N+](=O)[O-])o1. The second-order valence-electron chi connectivity index (χ2n) is 9.72. The van der Waals surface area contributed by atoms with Gasteiger partial charge in [-0.2, -0.15) is 13.2 Å². The molecule has 1 aliphatic carbocycles. The average molecular weight is 552 g/mol. The summed E-state index contributed by atoms with van der Waals surface area (Å²) in [6, 6.07) is 12.3. The third-order valence-electron chi connectivity index (χ3n) is 7.14. The summed E-state index contributed by atoms with van der Waals surface area (Å²) in [7, 11) is 1.75. The standard InChI is InChI=1S/C29H24F3N3O5/c1-16-6-3-4-7-20(16)33-28(37)19-15-34(2)21-8-5-9-23(36)27(21)26(19)25-13-12-24(40-25)18-11-10-17(29(30,31)32)14-22(18)35(38)39/h3-4,6-7,10-15,26H,5,8-9H2,1-2H3,(H,33,37). The fourth-order valence-corrected chi connectivity index (χ4v) is 5.17. The Morgan fingerprint density at radius 3 is 2.58 bits per heavy atom. The van der Waals surface area contributed by atoms with Crippen molar-refractivity contribution >= 4 is 23.1 Å². The van der Waals surface area contributed by atoms with Gasteiger partial charge in [0.2, 0.25) is 0 Å². The van der Waals surface area contributed by atoms with Crippen LogP contribution in [0, 0.1) is 17.0 Å². The number of aryl methyl sites for hydroxylation is 1. The van der Waals surface area contributed by atoms with Gasteiger partial charge in [0.1, 0.15) is 11.5 Å². The van der Waals surface area contributed by atoms with Crippen LogP contribution in [0.4, 0.5) is 24.5 Å². The summed E-state index contributed by atoms with van der Waals surface area (Å²) in [6.45, 7) is 1.84. The van der Waals surface area contributed by atoms with E-state index in [1.165, 1.54) is 12.1 Å². The molecule has 1 N–H and O–H groups in total. The molecule has 3 aromatic rings. The molecule has 206 valence electrons. The highest BCUT2D eigenvalue weighted by Crippen LogP contribution is 2.45. The Hall–Kier alpha value is -4.67. The van der Waals surface area contributed by atoms with Crippen LogP contribution in [0.25, 0.3) is 11.3 Å². The maximum atomic E-state index is 13.6. The number of hydrogen-bond donors (Lipinski definition) is 1. The molecule has 5 rings (SSSR count). The van der Waals surface area contributed by atoms with Gasteiger partial charge in [0.25, 0.3) is 11.6 Å². The molecule has 1 unspecified atom stereocenters. The molecule has 0 bridgehead atoms. The fourth-order valence-electron chi connectivity index (χ4n) is 5.17. The molecule has 1 aromatic heterocycles. The summed E-state index contributed by atoms with van der Waals surface area (Å²) < 4.78 is 45.6. The molecule has 2 heterocycles. The molecule has 1 aliphatic heterocycles. The van der Waals surface area contributed by atoms with Crippen LogP contribution in [0.15, 0.2) is 82.1 Å². The quantitative estimate of drug-likeness (QED) is 0.278. The Bertz CT molecular complexity index is 1600. The number of rotatable bonds is 5. The molecule has 1 amide bonds. The second-order valence-corrected chi connectivity index (χ2v) is 9.72. The van der Waals surface area contributed by atoms with Crippen molar-refractivity contribution in [1.82, 2.24) is 4.90 Å². The number of ketones is 1. The Balaban J connectivity index is 1.59. The van der Waals surface area contributed by atoms with Crippen LogP contribution in [0.5, 0.6) is 0 Å². The number of para-hydroxylation sites is 1. The first-order valence-corrected chi connectivity index (χ1v) is 12.5. The summed E-state index contributed by atoms with van der Waals surface area (Å²) in [5.74, 6) is -1.41. The van der Waals surface area contributed by atoms with Crippen LogP contribution < -0.4 is 5.32 Å². The molecule has 0 fully saturated rings. The molecule has 8 nitrogen and oxygen atoms in total. The lowest BCUT2D eigenvalue weighted by Crippen LogP contribution is -2.33. The van der Waals surface area contributed by atoms with Crippen LogP contribution in [0.2, 0.25) is 0 Å². The van der Waals surface area contributed by atoms with Crippen molar-refractivity contribution in [1.29, 1.82) is 0 Å². The van der Waals surface area contributed by atoms with Crippen molar-refractivity contribution < 1.29 is 32.1 Å². The number of nitro groups is 1. The minimum absolute atomic E-state index is 0.0570. The van der Waals surface area contributed by atoms with E-state index in [0.29, 0.717) is 30.2 Å². The molecule has 2 aliphatic rings. The summed E-state index contributed by atoms with van der Waals surface area (Å²) in [6.07, 6.45) is -1.59. The first-order chi connectivity index (χ1) is 19.0. The topological polar surface area (TPSA) is 106 Å². The minimum Gasteiger partial charge on any atom is -0.460 e. The molecule has 2 aromatic carbocycles. The third-order valence-corrected chi connectivity index (χ3v) is 7.14. The van der Waals surface area contributed by atoms with Gasteiger partial charge in [0, 0.05) is 48.3 Å². The molecule has 0 saturated carbocycles. The smallest absolute Gasteiger partial charge is 0.416 e. The zero-order valence-electron chi connectivity index (χ0n) is 21.5. The van der Waals surface area contributed by atoms with E-state index in [9.17, 15) is 32.9 Å². The maximum absolute atomic E-state index is 13.6. The Morgan fingerprint density at radius 1 is 1.12 bits per heavy atom. The third kappa shape index (κ3) is 4.90. The summed E-state index contributed by atoms with van der Waals surface area (Å²) in [5, 5.41) is 14.6. The molecule has 0 saturated heterocycles. The number of furan rings is 1. The van der Waals surface area contributed by atoms with E-state index >= 15 is 0 Å². The van der Waals surface area contributed by atoms with Crippen LogP contribution in [0.3, 0.4) is 0 Å². The molecule has 1 atom stereocenters. The predicted molar refractivity (Wildman–Crippen MR) is 140 cm³/mol. The van der Waals surface area contributed by atoms with Crippen molar-refractivity contribution in [2.45, 2.75) is 38.3 Å². The number of hydrogen-bond acceptors (Lipinski definition) is 6. The number of allylic oxidation sites excluding steroid dienone is 2. The highest BCUT2D eigenvalue weighted by molar-refractivity contribution is 6.09. The van der Waals surface area contributed by atoms with Crippen LogP contribution in [-0.2, 0) is 15.8 Å². The van der Waals surface area contributed by atoms with Gasteiger partial charge >= 0.3 is 6.18 Å². The van der Waals surface area contributed by atoms with Gasteiger partial charge < -0.3 is 14.6 Å². The number of carbonyl (C=O) groups excluding carboxylic acids is 2. The Morgan fingerprint density at radius 2 is 1.88 bits per heavy atom. The molecule has 11 heteroatoms. The van der Waals surface area contributed by atoms with E-state index in [-0.39, 0.29) is 34.9 Å². The highest BCUT2D eigenvalue weighted by atomic mass is 19.4. The van der Waals surface area contributed by atoms with Gasteiger partial charge in [-0.25, -0.2) is 0 Å². The second kappa shape index (κ2) is 10.1. The lowest BCUT2D eigenvalue weighted by Gasteiger charge is -2.35. The number of halogens is 3. The fraction of sp³-hybridized carbons (Fsp3) is 0.241. The van der Waals surface area contributed by atoms with Gasteiger partial charge in [-0.05, 0) is 55.7 Å². The number of anilines is 1. The largest absolute Gasteiger partial charge is 0.460 e. The number of nitrogens with one attached hydrogen (secondary N) is 1. The average Bonchev–Trinajstić information content (AvgIpc) is 3.39. The van der Waals surface area contributed by atoms with Crippen LogP contribution in [-0.4, -0.2) is 28.6 Å². The van der Waals surface area contributed by atoms with E-state index in [4.69, 9.17) is 4.42 Å². The van der Waals surface area contributed by atoms with E-state index in [0.717, 1.165) is 23.4 Å². The lowest BCUT2D eigenvalue weighted by molar-refractivity contribution is -0.384. The Kier molecular flexibility index (Phi) is 6.82. The van der Waals surface area contributed by atoms with E-state index in [2.05, 4.69) is 5.32 Å². The first kappa shape index (κ1) is 26.9. The van der Waals surface area contributed by atoms with Crippen molar-refractivity contribution in [3.05, 3.63) is 105 Å². The van der Waals surface area contributed by atoms with Crippen LogP contribution >= 0.6 is 0 Å². The van der Waals surface area contributed by atoms with Crippen LogP contribution in [0.1, 0.15) is 42.1 Å². The normalized spacial score (nSPS) is 17.4. The zero-order valence-corrected chi connectivity index (χ0v) is 21.5. The predicted octanol–water partition coefficient (Wildman–Crippen LogP) is 6.74. The number of alkyl halides is 3. The van der Waals surface area contributed by atoms with Gasteiger partial charge in [0.05, 0.1) is 22.0 Å². The summed E-state index contributed by atoms with van der Waals surface area (Å²) >= 11 is 0. The van der Waals surface area contributed by atoms with Crippen molar-refractivity contribution in [3.8, 4) is 11.3 Å². The molecule has 0 spiro atoms. The summed E-state index contributed by atoms with van der Waals surface area (Å²) in [5.41, 5.74) is 0.692. The van der Waals surface area contributed by atoms with E-state index in [1.807, 2.05) is 19.1 Å². The van der Waals surface area contributed by atoms with E-state index < -0.39 is 34.2 Å². The molecular formula is C29H24F3N3O5. The Labute approximate surface area is 226 Å². The lowest BCUT2D eigenvalue weighted by atomic mass is 9.78. The highest BCUT2D eigenvalue weighted by Gasteiger charge is 2.40. The van der Waals surface area contributed by atoms with Crippen molar-refractivity contribution in [2.24, 2.45) is 0 Å². The monoisotopic (exact) mass is 551 g/mol. The number of Topliss-reactive ketones (excluding diaryl/α,β-unsaturated/α-hetero) is 1. The van der Waals surface area contributed by atoms with Gasteiger partial charge in [-0.1, -0.05) is 18.2 Å². The maximum Gasteiger partial charge on any atom is 0.416 e. The number of amides is 1. The molecule has 0 radical (unpaired) electrons. The van der Waals surface area contributed by atoms with Crippen molar-refractivity contribution in [2.75, 3.05) is 12.4 Å². The number of nitrogens with zero attached hydrogens (tertiary/aromatic N) is 2. The molecular weight excluding hydrogens is 527 g/mol. The molecule has 40 heavy (non-hydrogen) atoms. The number of benzene rings is 2. The summed E-state index contributed by atoms with van der Waals surface area (Å²) in [4.78, 5) is 39.3.